The Morgan fingerprint density at radius 1 is 1.22 bits per heavy atom. The summed E-state index contributed by atoms with van der Waals surface area (Å²) in [7, 11) is 0. The van der Waals surface area contributed by atoms with Crippen LogP contribution in [0, 0.1) is 19.8 Å². The number of rotatable bonds is 6. The van der Waals surface area contributed by atoms with Crippen LogP contribution in [0.25, 0.3) is 0 Å². The van der Waals surface area contributed by atoms with Crippen molar-refractivity contribution in [1.82, 2.24) is 4.90 Å². The van der Waals surface area contributed by atoms with Crippen LogP contribution in [0.15, 0.2) is 23.4 Å². The van der Waals surface area contributed by atoms with Crippen molar-refractivity contribution < 1.29 is 9.63 Å². The number of likely N-dealkylation sites (tertiary alicyclic amines) is 1. The van der Waals surface area contributed by atoms with E-state index in [9.17, 15) is 4.79 Å². The third-order valence-corrected chi connectivity index (χ3v) is 4.07. The molecular formula is C17H26N4O2. The lowest BCUT2D eigenvalue weighted by molar-refractivity contribution is -0.123. The van der Waals surface area contributed by atoms with E-state index in [1.165, 1.54) is 11.1 Å². The minimum Gasteiger partial charge on any atom is -0.389 e. The number of amides is 1. The average molecular weight is 318 g/mol. The van der Waals surface area contributed by atoms with Gasteiger partial charge in [-0.15, -0.1) is 0 Å². The highest BCUT2D eigenvalue weighted by Crippen LogP contribution is 2.16. The maximum absolute atomic E-state index is 11.1. The minimum absolute atomic E-state index is 0.00905. The van der Waals surface area contributed by atoms with Crippen LogP contribution >= 0.6 is 0 Å². The van der Waals surface area contributed by atoms with Crippen molar-refractivity contribution in [3.05, 3.63) is 34.9 Å². The lowest BCUT2D eigenvalue weighted by Crippen LogP contribution is -2.42. The number of carbonyl (C=O) groups is 1. The molecule has 23 heavy (non-hydrogen) atoms. The number of piperidine rings is 1. The number of hydrogen-bond donors (Lipinski definition) is 2. The lowest BCUT2D eigenvalue weighted by atomic mass is 9.96. The molecule has 0 unspecified atom stereocenters. The van der Waals surface area contributed by atoms with Gasteiger partial charge in [0.05, 0.1) is 6.54 Å². The molecule has 1 aromatic carbocycles. The van der Waals surface area contributed by atoms with E-state index in [-0.39, 0.29) is 11.8 Å². The summed E-state index contributed by atoms with van der Waals surface area (Å²) < 4.78 is 0. The molecule has 1 aliphatic rings. The Morgan fingerprint density at radius 3 is 2.39 bits per heavy atom. The zero-order chi connectivity index (χ0) is 16.8. The van der Waals surface area contributed by atoms with Crippen LogP contribution in [-0.2, 0) is 16.2 Å². The SMILES string of the molecule is Cc1cc(C)cc(CO/N=C(\N)CN2CCC(C(N)=O)CC2)c1. The quantitative estimate of drug-likeness (QED) is 0.469. The number of amidine groups is 1. The van der Waals surface area contributed by atoms with Crippen LogP contribution in [0.4, 0.5) is 0 Å². The Morgan fingerprint density at radius 2 is 1.83 bits per heavy atom. The molecule has 0 atom stereocenters. The van der Waals surface area contributed by atoms with Gasteiger partial charge in [-0.05, 0) is 45.3 Å². The molecule has 0 aliphatic carbocycles. The van der Waals surface area contributed by atoms with Gasteiger partial charge in [0.2, 0.25) is 5.91 Å². The fourth-order valence-corrected chi connectivity index (χ4v) is 2.98. The first kappa shape index (κ1) is 17.3. The Labute approximate surface area is 137 Å². The molecule has 1 heterocycles. The van der Waals surface area contributed by atoms with E-state index < -0.39 is 0 Å². The monoisotopic (exact) mass is 318 g/mol. The fourth-order valence-electron chi connectivity index (χ4n) is 2.98. The molecule has 0 bridgehead atoms. The van der Waals surface area contributed by atoms with Gasteiger partial charge in [-0.25, -0.2) is 0 Å². The number of benzene rings is 1. The summed E-state index contributed by atoms with van der Waals surface area (Å²) >= 11 is 0. The predicted octanol–water partition coefficient (Wildman–Crippen LogP) is 1.29. The van der Waals surface area contributed by atoms with Crippen molar-refractivity contribution in [2.45, 2.75) is 33.3 Å². The fraction of sp³-hybridized carbons (Fsp3) is 0.529. The van der Waals surface area contributed by atoms with E-state index in [0.717, 1.165) is 31.5 Å². The molecule has 0 saturated carbocycles. The van der Waals surface area contributed by atoms with Gasteiger partial charge >= 0.3 is 0 Å². The molecule has 0 spiro atoms. The molecule has 0 radical (unpaired) electrons. The first-order chi connectivity index (χ1) is 10.9. The summed E-state index contributed by atoms with van der Waals surface area (Å²) in [5.41, 5.74) is 14.7. The van der Waals surface area contributed by atoms with Gasteiger partial charge in [0.15, 0.2) is 5.84 Å². The van der Waals surface area contributed by atoms with Crippen LogP contribution in [-0.4, -0.2) is 36.3 Å². The lowest BCUT2D eigenvalue weighted by Gasteiger charge is -2.29. The van der Waals surface area contributed by atoms with Crippen LogP contribution in [0.2, 0.25) is 0 Å². The first-order valence-corrected chi connectivity index (χ1v) is 7.97. The first-order valence-electron chi connectivity index (χ1n) is 7.97. The van der Waals surface area contributed by atoms with Crippen LogP contribution in [0.5, 0.6) is 0 Å². The third kappa shape index (κ3) is 5.56. The van der Waals surface area contributed by atoms with Crippen molar-refractivity contribution in [2.75, 3.05) is 19.6 Å². The number of aryl methyl sites for hydroxylation is 2. The normalized spacial score (nSPS) is 17.2. The zero-order valence-corrected chi connectivity index (χ0v) is 13.9. The number of primary amides is 1. The Bertz CT molecular complexity index is 558. The predicted molar refractivity (Wildman–Crippen MR) is 90.7 cm³/mol. The second-order valence-corrected chi connectivity index (χ2v) is 6.30. The van der Waals surface area contributed by atoms with E-state index in [0.29, 0.717) is 19.0 Å². The van der Waals surface area contributed by atoms with Crippen molar-refractivity contribution in [2.24, 2.45) is 22.5 Å². The highest BCUT2D eigenvalue weighted by atomic mass is 16.6. The molecule has 1 aromatic rings. The number of oxime groups is 1. The summed E-state index contributed by atoms with van der Waals surface area (Å²) in [6.07, 6.45) is 1.57. The maximum atomic E-state index is 11.1. The Balaban J connectivity index is 1.76. The van der Waals surface area contributed by atoms with Gasteiger partial charge in [-0.1, -0.05) is 34.5 Å². The van der Waals surface area contributed by atoms with Crippen LogP contribution in [0.1, 0.15) is 29.5 Å². The molecule has 2 rings (SSSR count). The minimum atomic E-state index is -0.205. The topological polar surface area (TPSA) is 93.9 Å². The van der Waals surface area contributed by atoms with E-state index in [4.69, 9.17) is 16.3 Å². The molecule has 1 aliphatic heterocycles. The summed E-state index contributed by atoms with van der Waals surface area (Å²) in [4.78, 5) is 18.7. The van der Waals surface area contributed by atoms with Crippen molar-refractivity contribution >= 4 is 11.7 Å². The van der Waals surface area contributed by atoms with E-state index in [2.05, 4.69) is 42.1 Å². The smallest absolute Gasteiger partial charge is 0.220 e. The van der Waals surface area contributed by atoms with Gasteiger partial charge in [0.1, 0.15) is 6.61 Å². The molecule has 4 N–H and O–H groups in total. The third-order valence-electron chi connectivity index (χ3n) is 4.07. The average Bonchev–Trinajstić information content (AvgIpc) is 2.46. The van der Waals surface area contributed by atoms with Gasteiger partial charge < -0.3 is 16.3 Å². The Hall–Kier alpha value is -2.08. The van der Waals surface area contributed by atoms with Gasteiger partial charge in [0, 0.05) is 5.92 Å². The second kappa shape index (κ2) is 7.97. The van der Waals surface area contributed by atoms with E-state index >= 15 is 0 Å². The number of nitrogens with zero attached hydrogens (tertiary/aromatic N) is 2. The summed E-state index contributed by atoms with van der Waals surface area (Å²) in [6.45, 7) is 6.70. The van der Waals surface area contributed by atoms with Crippen LogP contribution < -0.4 is 11.5 Å². The second-order valence-electron chi connectivity index (χ2n) is 6.30. The highest BCUT2D eigenvalue weighted by molar-refractivity contribution is 5.81. The van der Waals surface area contributed by atoms with Gasteiger partial charge in [-0.3, -0.25) is 9.69 Å². The summed E-state index contributed by atoms with van der Waals surface area (Å²) in [5.74, 6) is 0.236. The molecule has 1 fully saturated rings. The van der Waals surface area contributed by atoms with Crippen molar-refractivity contribution in [3.63, 3.8) is 0 Å². The van der Waals surface area contributed by atoms with Gasteiger partial charge in [0.25, 0.3) is 0 Å². The van der Waals surface area contributed by atoms with Crippen molar-refractivity contribution in [1.29, 1.82) is 0 Å². The van der Waals surface area contributed by atoms with Crippen LogP contribution in [0.3, 0.4) is 0 Å². The molecule has 126 valence electrons. The highest BCUT2D eigenvalue weighted by Gasteiger charge is 2.23. The maximum Gasteiger partial charge on any atom is 0.220 e. The molecule has 6 nitrogen and oxygen atoms in total. The van der Waals surface area contributed by atoms with E-state index in [1.807, 2.05) is 0 Å². The zero-order valence-electron chi connectivity index (χ0n) is 13.9. The molecule has 0 aromatic heterocycles. The van der Waals surface area contributed by atoms with Gasteiger partial charge in [-0.2, -0.15) is 0 Å². The molecule has 1 saturated heterocycles. The summed E-state index contributed by atoms with van der Waals surface area (Å²) in [6, 6.07) is 6.28. The largest absolute Gasteiger partial charge is 0.389 e. The number of carbonyl (C=O) groups excluding carboxylic acids is 1. The summed E-state index contributed by atoms with van der Waals surface area (Å²) in [5, 5.41) is 3.99. The van der Waals surface area contributed by atoms with Crippen molar-refractivity contribution in [3.8, 4) is 0 Å². The number of hydrogen-bond acceptors (Lipinski definition) is 4. The number of nitrogens with two attached hydrogens (primary N) is 2. The Kier molecular flexibility index (Phi) is 5.98. The molecule has 6 heteroatoms. The van der Waals surface area contributed by atoms with E-state index in [1.54, 1.807) is 0 Å². The molecule has 1 amide bonds. The standard InChI is InChI=1S/C17H26N4O2/c1-12-7-13(2)9-14(8-12)11-23-20-16(18)10-21-5-3-15(4-6-21)17(19)22/h7-9,15H,3-6,10-11H2,1-2H3,(H2,18,20)(H2,19,22). The molecular weight excluding hydrogens is 292 g/mol.